The molecule has 0 aliphatic heterocycles. The van der Waals surface area contributed by atoms with Gasteiger partial charge in [-0.3, -0.25) is 4.79 Å². The summed E-state index contributed by atoms with van der Waals surface area (Å²) >= 11 is 4.87. The summed E-state index contributed by atoms with van der Waals surface area (Å²) < 4.78 is 7.08. The summed E-state index contributed by atoms with van der Waals surface area (Å²) in [4.78, 5) is 16.5. The molecule has 5 nitrogen and oxygen atoms in total. The second-order valence-electron chi connectivity index (χ2n) is 4.66. The quantitative estimate of drug-likeness (QED) is 0.765. The van der Waals surface area contributed by atoms with Gasteiger partial charge in [0.05, 0.1) is 22.3 Å². The Bertz CT molecular complexity index is 805. The molecule has 0 bridgehead atoms. The highest BCUT2D eigenvalue weighted by Crippen LogP contribution is 2.28. The predicted molar refractivity (Wildman–Crippen MR) is 85.6 cm³/mol. The molecule has 2 aromatic heterocycles. The van der Waals surface area contributed by atoms with Gasteiger partial charge >= 0.3 is 0 Å². The lowest BCUT2D eigenvalue weighted by molar-refractivity contribution is -0.115. The van der Waals surface area contributed by atoms with Crippen molar-refractivity contribution in [3.63, 3.8) is 0 Å². The second kappa shape index (κ2) is 5.57. The van der Waals surface area contributed by atoms with Crippen molar-refractivity contribution in [1.82, 2.24) is 10.1 Å². The van der Waals surface area contributed by atoms with Gasteiger partial charge in [-0.1, -0.05) is 32.4 Å². The molecule has 0 unspecified atom stereocenters. The number of carbonyl (C=O) groups excluding carboxylic acids is 1. The Morgan fingerprint density at radius 3 is 2.95 bits per heavy atom. The van der Waals surface area contributed by atoms with Crippen LogP contribution in [0, 0.1) is 13.8 Å². The van der Waals surface area contributed by atoms with Crippen LogP contribution in [0.5, 0.6) is 0 Å². The topological polar surface area (TPSA) is 68.0 Å². The Morgan fingerprint density at radius 2 is 2.24 bits per heavy atom. The fourth-order valence-electron chi connectivity index (χ4n) is 2.03. The molecule has 3 aromatic rings. The highest BCUT2D eigenvalue weighted by Gasteiger charge is 2.15. The van der Waals surface area contributed by atoms with Crippen LogP contribution >= 0.6 is 27.3 Å². The number of hydrogen-bond acceptors (Lipinski definition) is 5. The molecular formula is C14H12BrN3O2S. The van der Waals surface area contributed by atoms with E-state index in [1.54, 1.807) is 6.92 Å². The van der Waals surface area contributed by atoms with Gasteiger partial charge in [0.2, 0.25) is 5.91 Å². The Labute approximate surface area is 133 Å². The van der Waals surface area contributed by atoms with Gasteiger partial charge in [0.15, 0.2) is 5.13 Å². The van der Waals surface area contributed by atoms with E-state index in [1.165, 1.54) is 11.3 Å². The maximum atomic E-state index is 12.1. The summed E-state index contributed by atoms with van der Waals surface area (Å²) in [5.41, 5.74) is 2.45. The first kappa shape index (κ1) is 14.2. The van der Waals surface area contributed by atoms with Gasteiger partial charge < -0.3 is 9.84 Å². The number of thiazole rings is 1. The first-order valence-corrected chi connectivity index (χ1v) is 7.91. The van der Waals surface area contributed by atoms with Gasteiger partial charge in [0, 0.05) is 10.0 Å². The van der Waals surface area contributed by atoms with E-state index >= 15 is 0 Å². The van der Waals surface area contributed by atoms with E-state index in [1.807, 2.05) is 25.1 Å². The molecule has 1 N–H and O–H groups in total. The van der Waals surface area contributed by atoms with E-state index in [9.17, 15) is 4.79 Å². The van der Waals surface area contributed by atoms with Crippen LogP contribution in [0.25, 0.3) is 10.2 Å². The molecule has 21 heavy (non-hydrogen) atoms. The van der Waals surface area contributed by atoms with Gasteiger partial charge in [-0.05, 0) is 32.0 Å². The van der Waals surface area contributed by atoms with Crippen molar-refractivity contribution in [3.05, 3.63) is 39.7 Å². The first-order valence-electron chi connectivity index (χ1n) is 6.30. The SMILES string of the molecule is Cc1noc(C)c1CC(=O)Nc1nc2ccc(Br)cc2s1. The molecule has 0 saturated carbocycles. The van der Waals surface area contributed by atoms with E-state index in [-0.39, 0.29) is 12.3 Å². The first-order chi connectivity index (χ1) is 10.0. The average molecular weight is 366 g/mol. The number of hydrogen-bond donors (Lipinski definition) is 1. The van der Waals surface area contributed by atoms with Crippen LogP contribution < -0.4 is 5.32 Å². The maximum Gasteiger partial charge on any atom is 0.230 e. The summed E-state index contributed by atoms with van der Waals surface area (Å²) in [5, 5.41) is 7.27. The minimum atomic E-state index is -0.123. The van der Waals surface area contributed by atoms with Crippen molar-refractivity contribution in [2.45, 2.75) is 20.3 Å². The van der Waals surface area contributed by atoms with Crippen molar-refractivity contribution in [1.29, 1.82) is 0 Å². The lowest BCUT2D eigenvalue weighted by atomic mass is 10.1. The third-order valence-electron chi connectivity index (χ3n) is 3.12. The van der Waals surface area contributed by atoms with Gasteiger partial charge in [0.1, 0.15) is 5.76 Å². The lowest BCUT2D eigenvalue weighted by Crippen LogP contribution is -2.14. The Kier molecular flexibility index (Phi) is 3.77. The number of halogens is 1. The highest BCUT2D eigenvalue weighted by molar-refractivity contribution is 9.10. The number of nitrogens with zero attached hydrogens (tertiary/aromatic N) is 2. The standard InChI is InChI=1S/C14H12BrN3O2S/c1-7-10(8(2)20-18-7)6-13(19)17-14-16-11-4-3-9(15)5-12(11)21-14/h3-5H,6H2,1-2H3,(H,16,17,19). The third-order valence-corrected chi connectivity index (χ3v) is 4.54. The molecule has 0 spiro atoms. The fraction of sp³-hybridized carbons (Fsp3) is 0.214. The van der Waals surface area contributed by atoms with Gasteiger partial charge in [-0.15, -0.1) is 0 Å². The van der Waals surface area contributed by atoms with Crippen molar-refractivity contribution in [2.75, 3.05) is 5.32 Å². The molecule has 7 heteroatoms. The summed E-state index contributed by atoms with van der Waals surface area (Å²) in [7, 11) is 0. The number of amides is 1. The smallest absolute Gasteiger partial charge is 0.230 e. The number of benzene rings is 1. The molecule has 1 amide bonds. The number of fused-ring (bicyclic) bond motifs is 1. The van der Waals surface area contributed by atoms with Crippen LogP contribution in [0.2, 0.25) is 0 Å². The normalized spacial score (nSPS) is 11.0. The molecule has 0 saturated heterocycles. The zero-order valence-corrected chi connectivity index (χ0v) is 13.8. The number of aryl methyl sites for hydroxylation is 2. The van der Waals surface area contributed by atoms with Crippen LogP contribution in [-0.4, -0.2) is 16.0 Å². The molecule has 0 aliphatic carbocycles. The summed E-state index contributed by atoms with van der Waals surface area (Å²) in [6, 6.07) is 5.83. The summed E-state index contributed by atoms with van der Waals surface area (Å²) in [6.45, 7) is 3.63. The summed E-state index contributed by atoms with van der Waals surface area (Å²) in [5.74, 6) is 0.554. The van der Waals surface area contributed by atoms with Crippen LogP contribution in [0.1, 0.15) is 17.0 Å². The average Bonchev–Trinajstić information content (AvgIpc) is 2.95. The van der Waals surface area contributed by atoms with Gasteiger partial charge in [-0.2, -0.15) is 0 Å². The third kappa shape index (κ3) is 2.98. The fourth-order valence-corrected chi connectivity index (χ4v) is 3.46. The van der Waals surface area contributed by atoms with Crippen molar-refractivity contribution in [3.8, 4) is 0 Å². The lowest BCUT2D eigenvalue weighted by Gasteiger charge is -2.00. The summed E-state index contributed by atoms with van der Waals surface area (Å²) in [6.07, 6.45) is 0.237. The molecule has 0 atom stereocenters. The van der Waals surface area contributed by atoms with E-state index in [4.69, 9.17) is 4.52 Å². The number of anilines is 1. The second-order valence-corrected chi connectivity index (χ2v) is 6.61. The van der Waals surface area contributed by atoms with E-state index in [2.05, 4.69) is 31.4 Å². The zero-order valence-electron chi connectivity index (χ0n) is 11.4. The Morgan fingerprint density at radius 1 is 1.43 bits per heavy atom. The van der Waals surface area contributed by atoms with Crippen molar-refractivity contribution in [2.24, 2.45) is 0 Å². The van der Waals surface area contributed by atoms with Gasteiger partial charge in [0.25, 0.3) is 0 Å². The Hall–Kier alpha value is -1.73. The minimum absolute atomic E-state index is 0.123. The molecule has 1 aromatic carbocycles. The largest absolute Gasteiger partial charge is 0.361 e. The molecule has 0 fully saturated rings. The van der Waals surface area contributed by atoms with Crippen LogP contribution in [0.15, 0.2) is 27.2 Å². The molecule has 0 aliphatic rings. The molecule has 0 radical (unpaired) electrons. The number of rotatable bonds is 3. The van der Waals surface area contributed by atoms with Crippen LogP contribution in [0.3, 0.4) is 0 Å². The van der Waals surface area contributed by atoms with E-state index < -0.39 is 0 Å². The number of nitrogens with one attached hydrogen (secondary N) is 1. The van der Waals surface area contributed by atoms with Crippen LogP contribution in [0.4, 0.5) is 5.13 Å². The maximum absolute atomic E-state index is 12.1. The molecule has 108 valence electrons. The molecule has 2 heterocycles. The number of carbonyl (C=O) groups is 1. The van der Waals surface area contributed by atoms with Crippen molar-refractivity contribution >= 4 is 48.5 Å². The van der Waals surface area contributed by atoms with E-state index in [0.29, 0.717) is 10.9 Å². The molecular weight excluding hydrogens is 354 g/mol. The Balaban J connectivity index is 1.77. The number of aromatic nitrogens is 2. The van der Waals surface area contributed by atoms with Crippen LogP contribution in [-0.2, 0) is 11.2 Å². The predicted octanol–water partition coefficient (Wildman–Crippen LogP) is 3.84. The van der Waals surface area contributed by atoms with Crippen molar-refractivity contribution < 1.29 is 9.32 Å². The minimum Gasteiger partial charge on any atom is -0.361 e. The van der Waals surface area contributed by atoms with Gasteiger partial charge in [-0.25, -0.2) is 4.98 Å². The monoisotopic (exact) mass is 365 g/mol. The highest BCUT2D eigenvalue weighted by atomic mass is 79.9. The van der Waals surface area contributed by atoms with E-state index in [0.717, 1.165) is 25.9 Å². The molecule has 3 rings (SSSR count). The zero-order chi connectivity index (χ0) is 15.0.